The van der Waals surface area contributed by atoms with E-state index in [0.717, 1.165) is 50.4 Å². The second kappa shape index (κ2) is 22.2. The Bertz CT molecular complexity index is 514. The van der Waals surface area contributed by atoms with Crippen LogP contribution in [-0.4, -0.2) is 41.1 Å². The lowest BCUT2D eigenvalue weighted by atomic mass is 9.81. The van der Waals surface area contributed by atoms with E-state index in [2.05, 4.69) is 27.7 Å². The van der Waals surface area contributed by atoms with E-state index in [1.54, 1.807) is 13.8 Å². The number of hydrogen-bond donors (Lipinski definition) is 0. The van der Waals surface area contributed by atoms with Gasteiger partial charge in [0.25, 0.3) is 0 Å². The Hall–Kier alpha value is -0.400. The maximum atomic E-state index is 12.8. The van der Waals surface area contributed by atoms with E-state index in [1.165, 1.54) is 38.5 Å². The summed E-state index contributed by atoms with van der Waals surface area (Å²) >= 11 is 0. The quantitative estimate of drug-likeness (QED) is 0.259. The average Bonchev–Trinajstić information content (AvgIpc) is 2.83. The lowest BCUT2D eigenvalue weighted by Gasteiger charge is -2.30. The lowest BCUT2D eigenvalue weighted by molar-refractivity contribution is 0.0367. The fraction of sp³-hybridized carbons (Fsp3) is 1.00. The highest BCUT2D eigenvalue weighted by Gasteiger charge is 2.35. The van der Waals surface area contributed by atoms with Gasteiger partial charge < -0.3 is 16.4 Å². The van der Waals surface area contributed by atoms with Gasteiger partial charge in [-0.3, -0.25) is 0 Å². The van der Waals surface area contributed by atoms with E-state index >= 15 is 0 Å². The molecule has 4 aliphatic carbocycles. The molecule has 39 heavy (non-hydrogen) atoms. The van der Waals surface area contributed by atoms with E-state index in [9.17, 15) is 17.6 Å². The van der Waals surface area contributed by atoms with Crippen LogP contribution < -0.4 is 0 Å². The van der Waals surface area contributed by atoms with Gasteiger partial charge in [-0.1, -0.05) is 93.9 Å². The van der Waals surface area contributed by atoms with Crippen LogP contribution in [0.15, 0.2) is 0 Å². The molecule has 4 aliphatic rings. The molecule has 0 spiro atoms. The van der Waals surface area contributed by atoms with Crippen LogP contribution in [0.4, 0.5) is 17.6 Å². The minimum atomic E-state index is -1.22. The third-order valence-electron chi connectivity index (χ3n) is 9.49. The Morgan fingerprint density at radius 1 is 0.333 bits per heavy atom. The molecule has 6 N–H and O–H groups in total. The third-order valence-corrected chi connectivity index (χ3v) is 9.49. The van der Waals surface area contributed by atoms with Crippen molar-refractivity contribution in [1.29, 1.82) is 0 Å². The number of alkyl halides is 4. The summed E-state index contributed by atoms with van der Waals surface area (Å²) < 4.78 is 51.3. The molecule has 0 aromatic rings. The first kappa shape index (κ1) is 43.1. The second-order valence-electron chi connectivity index (χ2n) is 13.6. The number of hydrogen-bond acceptors (Lipinski definition) is 0. The van der Waals surface area contributed by atoms with Gasteiger partial charge in [-0.2, -0.15) is 0 Å². The van der Waals surface area contributed by atoms with Crippen LogP contribution in [0.5, 0.6) is 0 Å². The summed E-state index contributed by atoms with van der Waals surface area (Å²) in [4.78, 5) is 0. The van der Waals surface area contributed by atoms with Gasteiger partial charge in [-0.15, -0.1) is 0 Å². The van der Waals surface area contributed by atoms with E-state index < -0.39 is 24.7 Å². The molecular weight excluding hydrogens is 508 g/mol. The monoisotopic (exact) mass is 574 g/mol. The van der Waals surface area contributed by atoms with Crippen LogP contribution in [0, 0.1) is 47.3 Å². The Morgan fingerprint density at radius 3 is 0.795 bits per heavy atom. The molecule has 0 saturated heterocycles. The highest BCUT2D eigenvalue weighted by molar-refractivity contribution is 4.83. The van der Waals surface area contributed by atoms with Gasteiger partial charge in [0.05, 0.1) is 0 Å². The zero-order valence-electron chi connectivity index (χ0n) is 26.4. The van der Waals surface area contributed by atoms with Crippen LogP contribution in [-0.2, 0) is 0 Å². The normalized spacial score (nSPS) is 41.5. The Kier molecular flexibility index (Phi) is 24.5. The van der Waals surface area contributed by atoms with Crippen molar-refractivity contribution in [3.8, 4) is 0 Å². The predicted octanol–water partition coefficient (Wildman–Crippen LogP) is 8.65. The summed E-state index contributed by atoms with van der Waals surface area (Å²) in [5.74, 6) is 3.77. The topological polar surface area (TPSA) is 94.5 Å². The molecule has 7 heteroatoms. The van der Waals surface area contributed by atoms with Gasteiger partial charge in [-0.05, 0) is 85.9 Å². The first-order valence-electron chi connectivity index (χ1n) is 15.4. The zero-order chi connectivity index (χ0) is 27.4. The van der Waals surface area contributed by atoms with Crippen molar-refractivity contribution in [3.05, 3.63) is 0 Å². The summed E-state index contributed by atoms with van der Waals surface area (Å²) in [5, 5.41) is 0. The first-order valence-corrected chi connectivity index (χ1v) is 15.4. The van der Waals surface area contributed by atoms with Crippen LogP contribution >= 0.6 is 0 Å². The molecule has 0 heterocycles. The smallest absolute Gasteiger partial charge is 0.134 e. The highest BCUT2D eigenvalue weighted by Crippen LogP contribution is 2.33. The summed E-state index contributed by atoms with van der Waals surface area (Å²) in [7, 11) is 0. The summed E-state index contributed by atoms with van der Waals surface area (Å²) in [6.07, 6.45) is 10.3. The third kappa shape index (κ3) is 17.2. The average molecular weight is 575 g/mol. The largest absolute Gasteiger partial charge is 0.412 e. The molecule has 0 bridgehead atoms. The molecule has 4 fully saturated rings. The van der Waals surface area contributed by atoms with Gasteiger partial charge in [0.1, 0.15) is 24.7 Å². The zero-order valence-corrected chi connectivity index (χ0v) is 26.4. The Labute approximate surface area is 238 Å². The molecule has 0 aromatic heterocycles. The summed E-state index contributed by atoms with van der Waals surface area (Å²) in [5.41, 5.74) is 0. The van der Waals surface area contributed by atoms with Crippen molar-refractivity contribution in [2.75, 3.05) is 0 Å². The van der Waals surface area contributed by atoms with Gasteiger partial charge in [0, 0.05) is 0 Å². The number of halogens is 4. The van der Waals surface area contributed by atoms with Crippen LogP contribution in [0.2, 0.25) is 0 Å². The van der Waals surface area contributed by atoms with Crippen molar-refractivity contribution in [1.82, 2.24) is 0 Å². The van der Waals surface area contributed by atoms with Gasteiger partial charge >= 0.3 is 0 Å². The highest BCUT2D eigenvalue weighted by atomic mass is 19.2. The van der Waals surface area contributed by atoms with Gasteiger partial charge in [0.15, 0.2) is 0 Å². The van der Waals surface area contributed by atoms with Crippen molar-refractivity contribution < 1.29 is 34.0 Å². The van der Waals surface area contributed by atoms with Crippen LogP contribution in [0.25, 0.3) is 0 Å². The molecule has 0 aliphatic heterocycles. The van der Waals surface area contributed by atoms with Gasteiger partial charge in [0.2, 0.25) is 0 Å². The molecule has 10 atom stereocenters. The minimum absolute atomic E-state index is 0. The second-order valence-corrected chi connectivity index (χ2v) is 13.6. The molecule has 0 aromatic carbocycles. The van der Waals surface area contributed by atoms with Crippen molar-refractivity contribution in [2.24, 2.45) is 47.3 Å². The standard InChI is InChI=1S/C8H14F2.2C8H15F.C8H16.3H2O/c1-5-3-4-6(2)8(10)7(5)9;2*1-6-3-4-7(2)8(9)5-6;1-7-3-5-8(2)6-4-7;;;/h5-8H,3-4H2,1-2H3;2*6-8H,3-5H2,1-2H3;7-8H,3-6H2,1-2H3;3*1H2. The lowest BCUT2D eigenvalue weighted by Crippen LogP contribution is -2.35. The van der Waals surface area contributed by atoms with E-state index in [1.807, 2.05) is 13.8 Å². The fourth-order valence-electron chi connectivity index (χ4n) is 5.82. The Morgan fingerprint density at radius 2 is 0.564 bits per heavy atom. The minimum Gasteiger partial charge on any atom is -0.412 e. The Balaban J connectivity index is -0.000000433. The molecule has 3 nitrogen and oxygen atoms in total. The van der Waals surface area contributed by atoms with Crippen molar-refractivity contribution in [3.63, 3.8) is 0 Å². The number of rotatable bonds is 0. The van der Waals surface area contributed by atoms with Crippen LogP contribution in [0.1, 0.15) is 132 Å². The van der Waals surface area contributed by atoms with E-state index in [-0.39, 0.29) is 28.3 Å². The van der Waals surface area contributed by atoms with Gasteiger partial charge in [-0.25, -0.2) is 17.6 Å². The van der Waals surface area contributed by atoms with E-state index in [4.69, 9.17) is 0 Å². The van der Waals surface area contributed by atoms with E-state index in [0.29, 0.717) is 23.7 Å². The van der Waals surface area contributed by atoms with Crippen LogP contribution in [0.3, 0.4) is 0 Å². The molecule has 10 unspecified atom stereocenters. The van der Waals surface area contributed by atoms with Crippen molar-refractivity contribution >= 4 is 0 Å². The molecular formula is C32H66F4O3. The predicted molar refractivity (Wildman–Crippen MR) is 159 cm³/mol. The molecule has 0 amide bonds. The first-order chi connectivity index (χ1) is 16.8. The summed E-state index contributed by atoms with van der Waals surface area (Å²) in [6, 6.07) is 0. The maximum Gasteiger partial charge on any atom is 0.134 e. The molecule has 240 valence electrons. The fourth-order valence-corrected chi connectivity index (χ4v) is 5.82. The molecule has 0 radical (unpaired) electrons. The van der Waals surface area contributed by atoms with Crippen molar-refractivity contribution in [2.45, 2.75) is 157 Å². The molecule has 4 saturated carbocycles. The maximum absolute atomic E-state index is 12.8. The summed E-state index contributed by atoms with van der Waals surface area (Å²) in [6.45, 7) is 16.6. The molecule has 4 rings (SSSR count). The SMILES string of the molecule is CC1CCC(C)C(F)C1.CC1CCC(C)C(F)C1.CC1CCC(C)C(F)C1F.CC1CCC(C)CC1.O.O.O.